The standard InChI is InChI=1S/C12H14N4O3/c13-12(19)9(17)7-14-6-8-5-11(18)16-4-2-1-3-10(16)15-8/h1-5,9,14,17H,6-7H2,(H2,13,19). The molecule has 1 atom stereocenters. The lowest BCUT2D eigenvalue weighted by Gasteiger charge is -2.08. The van der Waals surface area contributed by atoms with Crippen molar-refractivity contribution in [2.75, 3.05) is 6.54 Å². The number of amides is 1. The molecule has 1 amide bonds. The summed E-state index contributed by atoms with van der Waals surface area (Å²) in [5.41, 5.74) is 5.81. The van der Waals surface area contributed by atoms with Gasteiger partial charge in [0.05, 0.1) is 5.69 Å². The fraction of sp³-hybridized carbons (Fsp3) is 0.250. The van der Waals surface area contributed by atoms with Gasteiger partial charge in [0.15, 0.2) is 0 Å². The van der Waals surface area contributed by atoms with Crippen molar-refractivity contribution in [3.8, 4) is 0 Å². The first-order chi connectivity index (χ1) is 9.08. The summed E-state index contributed by atoms with van der Waals surface area (Å²) in [4.78, 5) is 26.7. The van der Waals surface area contributed by atoms with Crippen LogP contribution >= 0.6 is 0 Å². The highest BCUT2D eigenvalue weighted by atomic mass is 16.3. The summed E-state index contributed by atoms with van der Waals surface area (Å²) < 4.78 is 1.43. The number of nitrogens with one attached hydrogen (secondary N) is 1. The quantitative estimate of drug-likeness (QED) is 0.616. The van der Waals surface area contributed by atoms with Crippen LogP contribution in [-0.2, 0) is 11.3 Å². The molecule has 0 aromatic carbocycles. The van der Waals surface area contributed by atoms with Crippen molar-refractivity contribution in [3.63, 3.8) is 0 Å². The fourth-order valence-corrected chi connectivity index (χ4v) is 1.63. The summed E-state index contributed by atoms with van der Waals surface area (Å²) in [7, 11) is 0. The Kier molecular flexibility index (Phi) is 3.88. The second-order valence-corrected chi connectivity index (χ2v) is 4.06. The van der Waals surface area contributed by atoms with Gasteiger partial charge in [-0.2, -0.15) is 0 Å². The number of primary amides is 1. The van der Waals surface area contributed by atoms with E-state index in [0.29, 0.717) is 11.3 Å². The number of carbonyl (C=O) groups excluding carboxylic acids is 1. The van der Waals surface area contributed by atoms with Crippen molar-refractivity contribution in [2.45, 2.75) is 12.6 Å². The van der Waals surface area contributed by atoms with Crippen LogP contribution in [-0.4, -0.2) is 33.0 Å². The van der Waals surface area contributed by atoms with Crippen LogP contribution in [0.2, 0.25) is 0 Å². The van der Waals surface area contributed by atoms with Gasteiger partial charge in [-0.1, -0.05) is 6.07 Å². The molecule has 0 fully saturated rings. The van der Waals surface area contributed by atoms with Gasteiger partial charge in [0.2, 0.25) is 5.91 Å². The van der Waals surface area contributed by atoms with E-state index in [-0.39, 0.29) is 18.6 Å². The van der Waals surface area contributed by atoms with Gasteiger partial charge in [-0.15, -0.1) is 0 Å². The third-order valence-corrected chi connectivity index (χ3v) is 2.60. The number of aliphatic hydroxyl groups is 1. The predicted octanol–water partition coefficient (Wildman–Crippen LogP) is -1.37. The zero-order valence-corrected chi connectivity index (χ0v) is 10.1. The van der Waals surface area contributed by atoms with Crippen molar-refractivity contribution in [2.24, 2.45) is 5.73 Å². The lowest BCUT2D eigenvalue weighted by molar-refractivity contribution is -0.125. The first-order valence-corrected chi connectivity index (χ1v) is 5.73. The van der Waals surface area contributed by atoms with E-state index < -0.39 is 12.0 Å². The molecular formula is C12H14N4O3. The van der Waals surface area contributed by atoms with Crippen LogP contribution in [0.15, 0.2) is 35.3 Å². The molecule has 7 heteroatoms. The molecule has 0 aliphatic heterocycles. The number of fused-ring (bicyclic) bond motifs is 1. The smallest absolute Gasteiger partial charge is 0.258 e. The Morgan fingerprint density at radius 3 is 3.05 bits per heavy atom. The molecule has 2 aromatic heterocycles. The number of hydrogen-bond donors (Lipinski definition) is 3. The van der Waals surface area contributed by atoms with Crippen LogP contribution in [0.4, 0.5) is 0 Å². The maximum atomic E-state index is 11.8. The van der Waals surface area contributed by atoms with Gasteiger partial charge in [-0.05, 0) is 12.1 Å². The van der Waals surface area contributed by atoms with E-state index >= 15 is 0 Å². The molecule has 7 nitrogen and oxygen atoms in total. The molecule has 2 aromatic rings. The van der Waals surface area contributed by atoms with Gasteiger partial charge in [-0.25, -0.2) is 4.98 Å². The van der Waals surface area contributed by atoms with E-state index in [0.717, 1.165) is 0 Å². The van der Waals surface area contributed by atoms with Gasteiger partial charge in [0, 0.05) is 25.4 Å². The van der Waals surface area contributed by atoms with Gasteiger partial charge >= 0.3 is 0 Å². The maximum absolute atomic E-state index is 11.8. The van der Waals surface area contributed by atoms with Crippen LogP contribution in [0, 0.1) is 0 Å². The lowest BCUT2D eigenvalue weighted by atomic mass is 10.3. The number of aliphatic hydroxyl groups excluding tert-OH is 1. The van der Waals surface area contributed by atoms with E-state index in [2.05, 4.69) is 10.3 Å². The lowest BCUT2D eigenvalue weighted by Crippen LogP contribution is -2.37. The van der Waals surface area contributed by atoms with E-state index in [1.54, 1.807) is 24.4 Å². The number of rotatable bonds is 5. The SMILES string of the molecule is NC(=O)C(O)CNCc1cc(=O)n2ccccc2n1. The van der Waals surface area contributed by atoms with Crippen LogP contribution in [0.25, 0.3) is 5.65 Å². The van der Waals surface area contributed by atoms with Crippen molar-refractivity contribution < 1.29 is 9.90 Å². The molecular weight excluding hydrogens is 248 g/mol. The third kappa shape index (κ3) is 3.15. The van der Waals surface area contributed by atoms with Crippen LogP contribution in [0.5, 0.6) is 0 Å². The summed E-state index contributed by atoms with van der Waals surface area (Å²) in [6.45, 7) is 0.288. The molecule has 0 bridgehead atoms. The van der Waals surface area contributed by atoms with Gasteiger partial charge in [-0.3, -0.25) is 14.0 Å². The molecule has 0 spiro atoms. The summed E-state index contributed by atoms with van der Waals surface area (Å²) in [6.07, 6.45) is 0.389. The number of nitrogens with two attached hydrogens (primary N) is 1. The Morgan fingerprint density at radius 2 is 2.32 bits per heavy atom. The van der Waals surface area contributed by atoms with Crippen molar-refractivity contribution >= 4 is 11.6 Å². The van der Waals surface area contributed by atoms with Crippen molar-refractivity contribution in [3.05, 3.63) is 46.5 Å². The Hall–Kier alpha value is -2.25. The monoisotopic (exact) mass is 262 g/mol. The molecule has 0 aliphatic rings. The van der Waals surface area contributed by atoms with Crippen LogP contribution < -0.4 is 16.6 Å². The number of carbonyl (C=O) groups is 1. The molecule has 19 heavy (non-hydrogen) atoms. The number of pyridine rings is 1. The van der Waals surface area contributed by atoms with Crippen LogP contribution in [0.3, 0.4) is 0 Å². The predicted molar refractivity (Wildman–Crippen MR) is 68.4 cm³/mol. The molecule has 2 rings (SSSR count). The van der Waals surface area contributed by atoms with Gasteiger partial charge in [0.1, 0.15) is 11.8 Å². The molecule has 100 valence electrons. The largest absolute Gasteiger partial charge is 0.382 e. The molecule has 0 saturated heterocycles. The zero-order valence-electron chi connectivity index (χ0n) is 10.1. The van der Waals surface area contributed by atoms with E-state index in [4.69, 9.17) is 5.73 Å². The Labute approximate surface area is 108 Å². The van der Waals surface area contributed by atoms with E-state index in [1.165, 1.54) is 10.5 Å². The maximum Gasteiger partial charge on any atom is 0.258 e. The molecule has 1 unspecified atom stereocenters. The first-order valence-electron chi connectivity index (χ1n) is 5.73. The second kappa shape index (κ2) is 5.59. The zero-order chi connectivity index (χ0) is 13.8. The number of nitrogens with zero attached hydrogens (tertiary/aromatic N) is 2. The van der Waals surface area contributed by atoms with Gasteiger partial charge in [0.25, 0.3) is 5.56 Å². The highest BCUT2D eigenvalue weighted by Crippen LogP contribution is 1.98. The highest BCUT2D eigenvalue weighted by molar-refractivity contribution is 5.78. The Morgan fingerprint density at radius 1 is 1.53 bits per heavy atom. The minimum atomic E-state index is -1.25. The van der Waals surface area contributed by atoms with E-state index in [1.807, 2.05) is 0 Å². The minimum Gasteiger partial charge on any atom is -0.382 e. The highest BCUT2D eigenvalue weighted by Gasteiger charge is 2.10. The fourth-order valence-electron chi connectivity index (χ4n) is 1.63. The minimum absolute atomic E-state index is 0.0190. The molecule has 2 heterocycles. The first kappa shape index (κ1) is 13.2. The van der Waals surface area contributed by atoms with Crippen molar-refractivity contribution in [1.82, 2.24) is 14.7 Å². The Balaban J connectivity index is 2.09. The molecule has 0 saturated carbocycles. The number of hydrogen-bond acceptors (Lipinski definition) is 5. The average molecular weight is 262 g/mol. The summed E-state index contributed by atoms with van der Waals surface area (Å²) in [5.74, 6) is -0.793. The summed E-state index contributed by atoms with van der Waals surface area (Å²) in [6, 6.07) is 6.66. The average Bonchev–Trinajstić information content (AvgIpc) is 2.38. The molecule has 0 radical (unpaired) electrons. The van der Waals surface area contributed by atoms with Crippen molar-refractivity contribution in [1.29, 1.82) is 0 Å². The summed E-state index contributed by atoms with van der Waals surface area (Å²) >= 11 is 0. The third-order valence-electron chi connectivity index (χ3n) is 2.60. The number of aromatic nitrogens is 2. The normalized spacial score (nSPS) is 12.5. The molecule has 4 N–H and O–H groups in total. The molecule has 0 aliphatic carbocycles. The second-order valence-electron chi connectivity index (χ2n) is 4.06. The van der Waals surface area contributed by atoms with E-state index in [9.17, 15) is 14.7 Å². The topological polar surface area (TPSA) is 110 Å². The summed E-state index contributed by atoms with van der Waals surface area (Å²) in [5, 5.41) is 12.0. The Bertz CT molecular complexity index is 653. The van der Waals surface area contributed by atoms with Crippen LogP contribution in [0.1, 0.15) is 5.69 Å². The van der Waals surface area contributed by atoms with Gasteiger partial charge < -0.3 is 16.2 Å².